The molecule has 8 rings (SSSR count). The Hall–Kier alpha value is -6.66. The predicted octanol–water partition coefficient (Wildman–Crippen LogP) is 4.52. The van der Waals surface area contributed by atoms with E-state index >= 15 is 0 Å². The summed E-state index contributed by atoms with van der Waals surface area (Å²) in [4.78, 5) is 88.1. The molecule has 23 heteroatoms. The van der Waals surface area contributed by atoms with E-state index in [-0.39, 0.29) is 47.9 Å². The topological polar surface area (TPSA) is 259 Å². The number of nitrogens with two attached hydrogens (primary N) is 2. The number of carbonyl (C=O) groups is 5. The lowest BCUT2D eigenvalue weighted by atomic mass is 10.1. The molecule has 0 saturated carbocycles. The van der Waals surface area contributed by atoms with Crippen molar-refractivity contribution in [2.24, 2.45) is 11.5 Å². The van der Waals surface area contributed by atoms with E-state index in [1.807, 2.05) is 60.1 Å². The second-order valence-corrected chi connectivity index (χ2v) is 20.1. The molecule has 2 saturated heterocycles. The fraction of sp³-hybridized carbons (Fsp3) is 0.460. The van der Waals surface area contributed by atoms with Crippen LogP contribution in [0.5, 0.6) is 5.75 Å². The summed E-state index contributed by atoms with van der Waals surface area (Å²) in [7, 11) is 0. The maximum absolute atomic E-state index is 14.0. The highest BCUT2D eigenvalue weighted by Crippen LogP contribution is 2.34. The van der Waals surface area contributed by atoms with Crippen LogP contribution in [0.1, 0.15) is 90.4 Å². The predicted molar refractivity (Wildman–Crippen MR) is 284 cm³/mol. The lowest BCUT2D eigenvalue weighted by molar-refractivity contribution is -0.133. The molecule has 388 valence electrons. The normalized spacial score (nSPS) is 14.7. The number of nitrogens with one attached hydrogen (secondary N) is 3. The number of hydrogen-bond donors (Lipinski definition) is 5. The van der Waals surface area contributed by atoms with Crippen LogP contribution >= 0.6 is 23.1 Å². The standard InChI is InChI=1S/C50H65N15O6S2/c1-6-35-44(73-32(4)54-35)48(70)58-50-55-36-27-33(45(51)67)29-39(71-25-11-16-61-21-23-62(24-22-61)41(66)12-10-15-60-19-13-53-14-20-60)42(36)63(50)17-8-9-18-64-43-37(28-34(46(52)68)30-40(43)72-5)56-49(64)57-47(69)38-26-31(3)59-65(38)7-2/h8-9,26-30,53H,6-7,10-25H2,1-5H3,(H2,51,67)(H2,52,68)(H,55,58,70)(H,56,57,69)/b9-8+. The Balaban J connectivity index is 1.03. The summed E-state index contributed by atoms with van der Waals surface area (Å²) in [5.41, 5.74) is 15.9. The van der Waals surface area contributed by atoms with Crippen LogP contribution < -0.4 is 32.2 Å². The van der Waals surface area contributed by atoms with E-state index in [1.54, 1.807) is 35.0 Å². The zero-order chi connectivity index (χ0) is 51.8. The first-order valence-corrected chi connectivity index (χ1v) is 26.9. The number of piperazine rings is 2. The van der Waals surface area contributed by atoms with Crippen molar-refractivity contribution < 1.29 is 28.7 Å². The minimum absolute atomic E-state index is 0.184. The highest BCUT2D eigenvalue weighted by atomic mass is 32.2. The largest absolute Gasteiger partial charge is 0.491 e. The molecule has 4 aromatic heterocycles. The first-order chi connectivity index (χ1) is 35.2. The van der Waals surface area contributed by atoms with Gasteiger partial charge in [0.25, 0.3) is 11.8 Å². The third-order valence-corrected chi connectivity index (χ3v) is 14.8. The van der Waals surface area contributed by atoms with Gasteiger partial charge in [-0.2, -0.15) is 5.10 Å². The number of aromatic nitrogens is 7. The molecule has 73 heavy (non-hydrogen) atoms. The first-order valence-electron chi connectivity index (χ1n) is 24.8. The van der Waals surface area contributed by atoms with Crippen LogP contribution in [0, 0.1) is 13.8 Å². The van der Waals surface area contributed by atoms with Crippen molar-refractivity contribution in [3.8, 4) is 5.75 Å². The van der Waals surface area contributed by atoms with Gasteiger partial charge in [-0.1, -0.05) is 19.1 Å². The minimum atomic E-state index is -0.659. The summed E-state index contributed by atoms with van der Waals surface area (Å²) < 4.78 is 11.8. The summed E-state index contributed by atoms with van der Waals surface area (Å²) in [5, 5.41) is 14.6. The number of anilines is 2. The molecule has 6 heterocycles. The summed E-state index contributed by atoms with van der Waals surface area (Å²) >= 11 is 2.72. The van der Waals surface area contributed by atoms with Gasteiger partial charge in [-0.25, -0.2) is 15.0 Å². The highest BCUT2D eigenvalue weighted by molar-refractivity contribution is 7.98. The lowest BCUT2D eigenvalue weighted by Gasteiger charge is -2.35. The van der Waals surface area contributed by atoms with E-state index < -0.39 is 17.7 Å². The van der Waals surface area contributed by atoms with E-state index in [2.05, 4.69) is 35.8 Å². The molecule has 0 spiro atoms. The summed E-state index contributed by atoms with van der Waals surface area (Å²) in [6.07, 6.45) is 8.35. The van der Waals surface area contributed by atoms with Crippen LogP contribution in [0.25, 0.3) is 22.1 Å². The minimum Gasteiger partial charge on any atom is -0.491 e. The number of thioether (sulfide) groups is 1. The van der Waals surface area contributed by atoms with Gasteiger partial charge >= 0.3 is 0 Å². The molecule has 2 aromatic carbocycles. The molecule has 6 aromatic rings. The second kappa shape index (κ2) is 23.9. The van der Waals surface area contributed by atoms with Gasteiger partial charge in [0.15, 0.2) is 0 Å². The van der Waals surface area contributed by atoms with E-state index in [0.717, 1.165) is 68.7 Å². The van der Waals surface area contributed by atoms with Gasteiger partial charge in [0.2, 0.25) is 29.6 Å². The Kier molecular flexibility index (Phi) is 17.3. The Morgan fingerprint density at radius 2 is 1.40 bits per heavy atom. The number of fused-ring (bicyclic) bond motifs is 2. The Labute approximate surface area is 432 Å². The Bertz CT molecular complexity index is 3030. The van der Waals surface area contributed by atoms with Crippen LogP contribution in [0.4, 0.5) is 11.9 Å². The molecule has 0 bridgehead atoms. The maximum atomic E-state index is 14.0. The number of benzene rings is 2. The number of thiazole rings is 1. The number of ether oxygens (including phenoxy) is 1. The fourth-order valence-electron chi connectivity index (χ4n) is 9.33. The number of imidazole rings is 2. The maximum Gasteiger partial charge on any atom is 0.276 e. The summed E-state index contributed by atoms with van der Waals surface area (Å²) in [6.45, 7) is 17.4. The van der Waals surface area contributed by atoms with Crippen LogP contribution in [0.3, 0.4) is 0 Å². The number of aryl methyl sites for hydroxylation is 4. The lowest BCUT2D eigenvalue weighted by Crippen LogP contribution is -2.49. The third-order valence-electron chi connectivity index (χ3n) is 13.1. The monoisotopic (exact) mass is 1040 g/mol. The van der Waals surface area contributed by atoms with Gasteiger partial charge in [0.05, 0.1) is 39.6 Å². The first kappa shape index (κ1) is 52.7. The average Bonchev–Trinajstić information content (AvgIpc) is 4.16. The van der Waals surface area contributed by atoms with Crippen molar-refractivity contribution in [3.63, 3.8) is 0 Å². The third kappa shape index (κ3) is 12.4. The molecule has 7 N–H and O–H groups in total. The zero-order valence-corrected chi connectivity index (χ0v) is 43.8. The molecule has 2 aliphatic rings. The van der Waals surface area contributed by atoms with E-state index in [0.29, 0.717) is 95.3 Å². The van der Waals surface area contributed by atoms with E-state index in [9.17, 15) is 24.0 Å². The summed E-state index contributed by atoms with van der Waals surface area (Å²) in [5.74, 6) is -0.990. The average molecular weight is 1040 g/mol. The van der Waals surface area contributed by atoms with Crippen molar-refractivity contribution in [3.05, 3.63) is 80.6 Å². The smallest absolute Gasteiger partial charge is 0.276 e. The number of rotatable bonds is 22. The van der Waals surface area contributed by atoms with E-state index in [1.165, 1.54) is 23.1 Å². The van der Waals surface area contributed by atoms with Crippen molar-refractivity contribution >= 4 is 86.6 Å². The number of amides is 5. The number of allylic oxidation sites excluding steroid dienone is 2. The number of primary amides is 2. The van der Waals surface area contributed by atoms with Gasteiger partial charge in [-0.3, -0.25) is 44.2 Å². The number of carbonyl (C=O) groups excluding carboxylic acids is 5. The molecule has 0 atom stereocenters. The zero-order valence-electron chi connectivity index (χ0n) is 42.2. The van der Waals surface area contributed by atoms with Crippen LogP contribution in [0.15, 0.2) is 47.4 Å². The molecule has 0 aliphatic carbocycles. The van der Waals surface area contributed by atoms with Crippen LogP contribution in [-0.2, 0) is 30.8 Å². The van der Waals surface area contributed by atoms with Crippen LogP contribution in [-0.4, -0.2) is 156 Å². The van der Waals surface area contributed by atoms with Gasteiger partial charge < -0.3 is 40.5 Å². The number of hydrogen-bond acceptors (Lipinski definition) is 15. The SMILES string of the molecule is CCc1nc(C)sc1C(=O)Nc1nc2cc(C(N)=O)cc(OCCCN3CCN(C(=O)CCCN4CCNCC4)CC3)c2n1C/C=C/Cn1c(NC(=O)c2cc(C)nn2CC)nc2cc(C(N)=O)cc(SC)c21. The number of nitrogens with zero attached hydrogens (tertiary/aromatic N) is 10. The molecule has 2 aliphatic heterocycles. The van der Waals surface area contributed by atoms with Crippen molar-refractivity contribution in [1.29, 1.82) is 0 Å². The molecule has 0 unspecified atom stereocenters. The van der Waals surface area contributed by atoms with Gasteiger partial charge in [0.1, 0.15) is 21.8 Å². The summed E-state index contributed by atoms with van der Waals surface area (Å²) in [6, 6.07) is 8.22. The van der Waals surface area contributed by atoms with Crippen molar-refractivity contribution in [2.45, 2.75) is 77.9 Å². The second-order valence-electron chi connectivity index (χ2n) is 18.1. The van der Waals surface area contributed by atoms with E-state index in [4.69, 9.17) is 26.2 Å². The van der Waals surface area contributed by atoms with Gasteiger partial charge in [0, 0.05) is 101 Å². The molecule has 5 amide bonds. The van der Waals surface area contributed by atoms with Crippen molar-refractivity contribution in [1.82, 2.24) is 53.9 Å². The Morgan fingerprint density at radius 1 is 0.781 bits per heavy atom. The molecular formula is C50H65N15O6S2. The molecule has 2 fully saturated rings. The molecule has 21 nitrogen and oxygen atoms in total. The fourth-order valence-corrected chi connectivity index (χ4v) is 10.9. The quantitative estimate of drug-likeness (QED) is 0.0356. The Morgan fingerprint density at radius 3 is 2.04 bits per heavy atom. The molecular weight excluding hydrogens is 971 g/mol. The van der Waals surface area contributed by atoms with Gasteiger partial charge in [-0.15, -0.1) is 23.1 Å². The van der Waals surface area contributed by atoms with Crippen molar-refractivity contribution in [2.75, 3.05) is 88.9 Å². The highest BCUT2D eigenvalue weighted by Gasteiger charge is 2.25. The molecule has 0 radical (unpaired) electrons. The van der Waals surface area contributed by atoms with Crippen LogP contribution in [0.2, 0.25) is 0 Å². The van der Waals surface area contributed by atoms with Gasteiger partial charge in [-0.05, 0) is 83.2 Å².